The Balaban J connectivity index is 2.57. The first kappa shape index (κ1) is 11.2. The molecule has 78 valence electrons. The van der Waals surface area contributed by atoms with Crippen molar-refractivity contribution < 1.29 is 9.90 Å². The van der Waals surface area contributed by atoms with E-state index in [2.05, 4.69) is 0 Å². The maximum Gasteiger partial charge on any atom is 0.335 e. The first-order valence-corrected chi connectivity index (χ1v) is 4.84. The van der Waals surface area contributed by atoms with Crippen molar-refractivity contribution >= 4 is 5.97 Å². The van der Waals surface area contributed by atoms with Crippen LogP contribution in [0, 0.1) is 0 Å². The highest BCUT2D eigenvalue weighted by Gasteiger charge is 1.99. The quantitative estimate of drug-likeness (QED) is 0.602. The number of carbonyl (C=O) groups is 1. The average Bonchev–Trinajstić information content (AvgIpc) is 2.25. The molecule has 1 N–H and O–H groups in total. The van der Waals surface area contributed by atoms with Crippen LogP contribution in [0.25, 0.3) is 0 Å². The minimum atomic E-state index is -0.887. The fourth-order valence-electron chi connectivity index (χ4n) is 1.23. The van der Waals surface area contributed by atoms with Crippen LogP contribution in [0.5, 0.6) is 0 Å². The molecule has 0 amide bonds. The van der Waals surface area contributed by atoms with Gasteiger partial charge < -0.3 is 5.11 Å². The Labute approximate surface area is 89.6 Å². The summed E-state index contributed by atoms with van der Waals surface area (Å²) in [7, 11) is 0. The summed E-state index contributed by atoms with van der Waals surface area (Å²) in [5.41, 5.74) is 1.50. The molecule has 0 saturated heterocycles. The molecule has 0 radical (unpaired) electrons. The molecule has 1 rings (SSSR count). The van der Waals surface area contributed by atoms with Gasteiger partial charge in [0.2, 0.25) is 0 Å². The molecule has 0 unspecified atom stereocenters. The van der Waals surface area contributed by atoms with Gasteiger partial charge in [0, 0.05) is 0 Å². The Hall–Kier alpha value is -1.83. The lowest BCUT2D eigenvalue weighted by atomic mass is 10.1. The minimum absolute atomic E-state index is 0.325. The molecule has 0 aliphatic rings. The smallest absolute Gasteiger partial charge is 0.335 e. The lowest BCUT2D eigenvalue weighted by Crippen LogP contribution is -1.96. The van der Waals surface area contributed by atoms with Crippen LogP contribution in [0.3, 0.4) is 0 Å². The molecule has 0 heterocycles. The first-order valence-electron chi connectivity index (χ1n) is 4.84. The fraction of sp³-hybridized carbons (Fsp3) is 0.154. The zero-order valence-corrected chi connectivity index (χ0v) is 8.68. The molecular formula is C13H14O2. The second kappa shape index (κ2) is 5.81. The summed E-state index contributed by atoms with van der Waals surface area (Å²) in [6.07, 6.45) is 5.84. The highest BCUT2D eigenvalue weighted by atomic mass is 16.4. The van der Waals surface area contributed by atoms with Crippen molar-refractivity contribution in [3.8, 4) is 0 Å². The lowest BCUT2D eigenvalue weighted by Gasteiger charge is -1.95. The topological polar surface area (TPSA) is 37.3 Å². The van der Waals surface area contributed by atoms with E-state index in [1.165, 1.54) is 5.56 Å². The molecule has 2 heteroatoms. The number of benzene rings is 1. The number of aliphatic carboxylic acids is 1. The number of carboxylic acid groups (broad SMARTS) is 1. The Morgan fingerprint density at radius 1 is 1.33 bits per heavy atom. The molecule has 0 atom stereocenters. The van der Waals surface area contributed by atoms with E-state index in [0.29, 0.717) is 5.57 Å². The number of hydrogen-bond acceptors (Lipinski definition) is 1. The molecule has 2 nitrogen and oxygen atoms in total. The Bertz CT molecular complexity index is 375. The van der Waals surface area contributed by atoms with Gasteiger partial charge in [0.15, 0.2) is 0 Å². The second-order valence-corrected chi connectivity index (χ2v) is 3.14. The van der Waals surface area contributed by atoms with Gasteiger partial charge in [-0.25, -0.2) is 4.79 Å². The highest BCUT2D eigenvalue weighted by Crippen LogP contribution is 2.03. The van der Waals surface area contributed by atoms with Gasteiger partial charge in [0.25, 0.3) is 0 Å². The molecule has 0 bridgehead atoms. The normalized spacial score (nSPS) is 11.9. The zero-order chi connectivity index (χ0) is 11.1. The summed E-state index contributed by atoms with van der Waals surface area (Å²) in [6.45, 7) is 1.72. The molecule has 0 aliphatic heterocycles. The van der Waals surface area contributed by atoms with Crippen LogP contribution < -0.4 is 0 Å². The summed E-state index contributed by atoms with van der Waals surface area (Å²) in [4.78, 5) is 10.7. The van der Waals surface area contributed by atoms with Crippen molar-refractivity contribution in [1.82, 2.24) is 0 Å². The van der Waals surface area contributed by atoms with E-state index < -0.39 is 5.97 Å². The number of rotatable bonds is 4. The first-order chi connectivity index (χ1) is 7.24. The highest BCUT2D eigenvalue weighted by molar-refractivity contribution is 5.89. The van der Waals surface area contributed by atoms with E-state index >= 15 is 0 Å². The van der Waals surface area contributed by atoms with Crippen molar-refractivity contribution in [2.75, 3.05) is 0 Å². The van der Waals surface area contributed by atoms with E-state index in [1.54, 1.807) is 19.1 Å². The van der Waals surface area contributed by atoms with Gasteiger partial charge in [-0.05, 0) is 18.9 Å². The Kier molecular flexibility index (Phi) is 4.35. The van der Waals surface area contributed by atoms with Gasteiger partial charge in [-0.2, -0.15) is 0 Å². The van der Waals surface area contributed by atoms with Gasteiger partial charge in [-0.15, -0.1) is 0 Å². The van der Waals surface area contributed by atoms with Crippen LogP contribution in [0.4, 0.5) is 0 Å². The van der Waals surface area contributed by atoms with Gasteiger partial charge >= 0.3 is 5.97 Å². The molecular weight excluding hydrogens is 188 g/mol. The maximum atomic E-state index is 10.7. The molecule has 0 aliphatic carbocycles. The minimum Gasteiger partial charge on any atom is -0.478 e. The van der Waals surface area contributed by atoms with Gasteiger partial charge in [-0.3, -0.25) is 0 Å². The van der Waals surface area contributed by atoms with Crippen LogP contribution in [0.2, 0.25) is 0 Å². The summed E-state index contributed by atoms with van der Waals surface area (Å²) in [5, 5.41) is 8.75. The van der Waals surface area contributed by atoms with E-state index in [1.807, 2.05) is 36.4 Å². The molecule has 15 heavy (non-hydrogen) atoms. The third kappa shape index (κ3) is 3.81. The van der Waals surface area contributed by atoms with Crippen LogP contribution in [-0.4, -0.2) is 11.1 Å². The Morgan fingerprint density at radius 3 is 2.53 bits per heavy atom. The van der Waals surface area contributed by atoms with Gasteiger partial charge in [0.1, 0.15) is 0 Å². The predicted molar refractivity (Wildman–Crippen MR) is 60.7 cm³/mol. The standard InChI is InChI=1S/C13H14O2/c1-2-12(13(14)15)10-6-9-11-7-4-3-5-8-11/h2-8,10H,9H2,1H3,(H,14,15)/b10-6?,12-2+. The van der Waals surface area contributed by atoms with Crippen molar-refractivity contribution in [1.29, 1.82) is 0 Å². The molecule has 0 saturated carbocycles. The van der Waals surface area contributed by atoms with E-state index in [-0.39, 0.29) is 0 Å². The molecule has 1 aromatic rings. The SMILES string of the molecule is C/C=C(\C=CCc1ccccc1)C(=O)O. The zero-order valence-electron chi connectivity index (χ0n) is 8.68. The summed E-state index contributed by atoms with van der Waals surface area (Å²) in [5.74, 6) is -0.887. The van der Waals surface area contributed by atoms with Crippen molar-refractivity contribution in [2.45, 2.75) is 13.3 Å². The molecule has 0 spiro atoms. The number of allylic oxidation sites excluding steroid dienone is 2. The van der Waals surface area contributed by atoms with Crippen molar-refractivity contribution in [2.24, 2.45) is 0 Å². The van der Waals surface area contributed by atoms with Gasteiger partial charge in [-0.1, -0.05) is 48.6 Å². The van der Waals surface area contributed by atoms with Crippen molar-refractivity contribution in [3.63, 3.8) is 0 Å². The number of hydrogen-bond donors (Lipinski definition) is 1. The summed E-state index contributed by atoms with van der Waals surface area (Å²) in [6, 6.07) is 9.93. The monoisotopic (exact) mass is 202 g/mol. The van der Waals surface area contributed by atoms with E-state index in [9.17, 15) is 4.79 Å². The fourth-order valence-corrected chi connectivity index (χ4v) is 1.23. The van der Waals surface area contributed by atoms with E-state index in [4.69, 9.17) is 5.11 Å². The lowest BCUT2D eigenvalue weighted by molar-refractivity contribution is -0.132. The third-order valence-electron chi connectivity index (χ3n) is 2.05. The maximum absolute atomic E-state index is 10.7. The largest absolute Gasteiger partial charge is 0.478 e. The van der Waals surface area contributed by atoms with Crippen LogP contribution >= 0.6 is 0 Å². The second-order valence-electron chi connectivity index (χ2n) is 3.14. The predicted octanol–water partition coefficient (Wildman–Crippen LogP) is 2.82. The summed E-state index contributed by atoms with van der Waals surface area (Å²) < 4.78 is 0. The van der Waals surface area contributed by atoms with E-state index in [0.717, 1.165) is 6.42 Å². The Morgan fingerprint density at radius 2 is 2.00 bits per heavy atom. The van der Waals surface area contributed by atoms with Gasteiger partial charge in [0.05, 0.1) is 5.57 Å². The molecule has 0 aromatic heterocycles. The van der Waals surface area contributed by atoms with Crippen LogP contribution in [0.15, 0.2) is 54.1 Å². The molecule has 1 aromatic carbocycles. The third-order valence-corrected chi connectivity index (χ3v) is 2.05. The van der Waals surface area contributed by atoms with Crippen LogP contribution in [-0.2, 0) is 11.2 Å². The molecule has 0 fully saturated rings. The average molecular weight is 202 g/mol. The number of carboxylic acids is 1. The summed E-state index contributed by atoms with van der Waals surface area (Å²) >= 11 is 0. The van der Waals surface area contributed by atoms with Crippen LogP contribution in [0.1, 0.15) is 12.5 Å². The van der Waals surface area contributed by atoms with Crippen molar-refractivity contribution in [3.05, 3.63) is 59.7 Å².